The number of carbonyl (C=O) groups excluding carboxylic acids is 1. The number of aromatic nitrogens is 2. The number of non-ortho nitro benzene ring substituents is 1. The molecule has 0 aliphatic heterocycles. The maximum absolute atomic E-state index is 11.7. The molecule has 0 spiro atoms. The molecule has 0 unspecified atom stereocenters. The molecule has 0 aliphatic rings. The molecule has 1 heterocycles. The zero-order chi connectivity index (χ0) is 17.0. The molecular formula is C13H12BrN5O4. The van der Waals surface area contributed by atoms with Crippen LogP contribution in [0, 0.1) is 17.0 Å². The summed E-state index contributed by atoms with van der Waals surface area (Å²) in [5.41, 5.74) is 6.74. The van der Waals surface area contributed by atoms with Crippen LogP contribution >= 0.6 is 15.9 Å². The monoisotopic (exact) mass is 381 g/mol. The van der Waals surface area contributed by atoms with Gasteiger partial charge in [0, 0.05) is 23.9 Å². The fraction of sp³-hybridized carbons (Fsp3) is 0.154. The van der Waals surface area contributed by atoms with Crippen molar-refractivity contribution in [2.24, 2.45) is 10.9 Å². The third-order valence-corrected chi connectivity index (χ3v) is 3.58. The van der Waals surface area contributed by atoms with Gasteiger partial charge in [-0.3, -0.25) is 14.8 Å². The highest BCUT2D eigenvalue weighted by atomic mass is 79.9. The van der Waals surface area contributed by atoms with Gasteiger partial charge in [-0.25, -0.2) is 4.79 Å². The van der Waals surface area contributed by atoms with Gasteiger partial charge in [0.15, 0.2) is 5.84 Å². The smallest absolute Gasteiger partial charge is 0.356 e. The molecule has 0 saturated heterocycles. The minimum Gasteiger partial charge on any atom is -0.380 e. The van der Waals surface area contributed by atoms with E-state index in [1.165, 1.54) is 28.9 Å². The summed E-state index contributed by atoms with van der Waals surface area (Å²) >= 11 is 3.28. The van der Waals surface area contributed by atoms with E-state index in [4.69, 9.17) is 10.6 Å². The minimum absolute atomic E-state index is 0.0638. The van der Waals surface area contributed by atoms with Crippen LogP contribution in [0.1, 0.15) is 11.3 Å². The normalized spacial score (nSPS) is 11.3. The highest BCUT2D eigenvalue weighted by Gasteiger charge is 2.10. The number of oxime groups is 1. The Hall–Kier alpha value is -2.75. The molecule has 1 aromatic heterocycles. The van der Waals surface area contributed by atoms with Crippen LogP contribution in [0.4, 0.5) is 5.69 Å². The van der Waals surface area contributed by atoms with Crippen molar-refractivity contribution in [1.82, 2.24) is 9.78 Å². The molecule has 2 rings (SSSR count). The molecule has 9 nitrogen and oxygen atoms in total. The Balaban J connectivity index is 1.98. The van der Waals surface area contributed by atoms with E-state index in [2.05, 4.69) is 26.2 Å². The fourth-order valence-corrected chi connectivity index (χ4v) is 1.96. The number of amidine groups is 1. The predicted octanol–water partition coefficient (Wildman–Crippen LogP) is 1.73. The summed E-state index contributed by atoms with van der Waals surface area (Å²) in [5.74, 6) is -0.712. The first-order valence-corrected chi connectivity index (χ1v) is 7.14. The number of aryl methyl sites for hydroxylation is 1. The van der Waals surface area contributed by atoms with Gasteiger partial charge in [0.1, 0.15) is 6.54 Å². The number of nitrogens with two attached hydrogens (primary N) is 1. The van der Waals surface area contributed by atoms with Crippen LogP contribution in [0.3, 0.4) is 0 Å². The molecule has 0 saturated carbocycles. The van der Waals surface area contributed by atoms with Crippen molar-refractivity contribution in [3.8, 4) is 0 Å². The molecule has 0 radical (unpaired) electrons. The van der Waals surface area contributed by atoms with Gasteiger partial charge in [-0.15, -0.1) is 0 Å². The first kappa shape index (κ1) is 16.6. The van der Waals surface area contributed by atoms with E-state index in [1.54, 1.807) is 13.1 Å². The number of nitro benzene ring substituents is 1. The fourth-order valence-electron chi connectivity index (χ4n) is 1.64. The molecule has 0 atom stereocenters. The largest absolute Gasteiger partial charge is 0.380 e. The molecular weight excluding hydrogens is 370 g/mol. The van der Waals surface area contributed by atoms with Gasteiger partial charge in [-0.1, -0.05) is 5.16 Å². The third-order valence-electron chi connectivity index (χ3n) is 2.80. The second-order valence-corrected chi connectivity index (χ2v) is 5.36. The van der Waals surface area contributed by atoms with Crippen LogP contribution in [0.5, 0.6) is 0 Å². The standard InChI is InChI=1S/C13H12BrN5O4/c1-8-11(14)6-18(16-8)7-12(20)23-17-13(15)9-2-4-10(5-3-9)19(21)22/h2-6H,7H2,1H3,(H2,15,17). The molecule has 2 N–H and O–H groups in total. The van der Waals surface area contributed by atoms with E-state index in [1.807, 2.05) is 0 Å². The number of hydrogen-bond donors (Lipinski definition) is 1. The Morgan fingerprint density at radius 2 is 2.13 bits per heavy atom. The topological polar surface area (TPSA) is 126 Å². The van der Waals surface area contributed by atoms with Crippen molar-refractivity contribution in [3.05, 3.63) is 56.3 Å². The van der Waals surface area contributed by atoms with Crippen LogP contribution < -0.4 is 5.73 Å². The molecule has 1 aromatic carbocycles. The Kier molecular flexibility index (Phi) is 5.06. The lowest BCUT2D eigenvalue weighted by Crippen LogP contribution is -2.17. The van der Waals surface area contributed by atoms with Crippen molar-refractivity contribution < 1.29 is 14.6 Å². The van der Waals surface area contributed by atoms with Crippen molar-refractivity contribution in [3.63, 3.8) is 0 Å². The van der Waals surface area contributed by atoms with Crippen LogP contribution in [-0.4, -0.2) is 26.5 Å². The first-order valence-electron chi connectivity index (χ1n) is 6.34. The molecule has 0 fully saturated rings. The van der Waals surface area contributed by atoms with Crippen LogP contribution in [0.2, 0.25) is 0 Å². The summed E-state index contributed by atoms with van der Waals surface area (Å²) in [7, 11) is 0. The number of nitrogens with zero attached hydrogens (tertiary/aromatic N) is 4. The lowest BCUT2D eigenvalue weighted by molar-refractivity contribution is -0.384. The van der Waals surface area contributed by atoms with Crippen molar-refractivity contribution >= 4 is 33.4 Å². The Morgan fingerprint density at radius 3 is 2.65 bits per heavy atom. The molecule has 120 valence electrons. The van der Waals surface area contributed by atoms with E-state index in [0.717, 1.165) is 10.2 Å². The second-order valence-electron chi connectivity index (χ2n) is 4.50. The lowest BCUT2D eigenvalue weighted by atomic mass is 10.2. The predicted molar refractivity (Wildman–Crippen MR) is 84.6 cm³/mol. The Labute approximate surface area is 139 Å². The molecule has 0 amide bonds. The maximum Gasteiger partial charge on any atom is 0.356 e. The highest BCUT2D eigenvalue weighted by molar-refractivity contribution is 9.10. The summed E-state index contributed by atoms with van der Waals surface area (Å²) in [6.45, 7) is 1.67. The number of nitro groups is 1. The highest BCUT2D eigenvalue weighted by Crippen LogP contribution is 2.13. The molecule has 0 bridgehead atoms. The van der Waals surface area contributed by atoms with Crippen molar-refractivity contribution in [2.45, 2.75) is 13.5 Å². The second kappa shape index (κ2) is 7.01. The summed E-state index contributed by atoms with van der Waals surface area (Å²) in [6, 6.07) is 5.39. The Bertz CT molecular complexity index is 750. The molecule has 10 heteroatoms. The number of hydrogen-bond acceptors (Lipinski definition) is 6. The minimum atomic E-state index is -0.648. The summed E-state index contributed by atoms with van der Waals surface area (Å²) < 4.78 is 2.18. The van der Waals surface area contributed by atoms with Crippen LogP contribution in [0.25, 0.3) is 0 Å². The third kappa shape index (κ3) is 4.36. The lowest BCUT2D eigenvalue weighted by Gasteiger charge is -2.01. The first-order chi connectivity index (χ1) is 10.9. The summed E-state index contributed by atoms with van der Waals surface area (Å²) in [4.78, 5) is 26.4. The van der Waals surface area contributed by atoms with Gasteiger partial charge in [-0.05, 0) is 35.0 Å². The van der Waals surface area contributed by atoms with Gasteiger partial charge < -0.3 is 10.6 Å². The van der Waals surface area contributed by atoms with Gasteiger partial charge in [0.05, 0.1) is 15.1 Å². The quantitative estimate of drug-likeness (QED) is 0.276. The zero-order valence-electron chi connectivity index (χ0n) is 12.0. The van der Waals surface area contributed by atoms with Crippen LogP contribution in [0.15, 0.2) is 40.1 Å². The van der Waals surface area contributed by atoms with E-state index in [-0.39, 0.29) is 18.1 Å². The van der Waals surface area contributed by atoms with Crippen molar-refractivity contribution in [1.29, 1.82) is 0 Å². The maximum atomic E-state index is 11.7. The number of carbonyl (C=O) groups is 1. The average molecular weight is 382 g/mol. The van der Waals surface area contributed by atoms with Crippen LogP contribution in [-0.2, 0) is 16.2 Å². The Morgan fingerprint density at radius 1 is 1.48 bits per heavy atom. The van der Waals surface area contributed by atoms with E-state index in [9.17, 15) is 14.9 Å². The van der Waals surface area contributed by atoms with E-state index in [0.29, 0.717) is 5.56 Å². The van der Waals surface area contributed by atoms with Gasteiger partial charge in [-0.2, -0.15) is 5.10 Å². The molecule has 23 heavy (non-hydrogen) atoms. The average Bonchev–Trinajstić information content (AvgIpc) is 2.82. The van der Waals surface area contributed by atoms with E-state index >= 15 is 0 Å². The number of rotatable bonds is 5. The SMILES string of the molecule is Cc1nn(CC(=O)O/N=C(\N)c2ccc([N+](=O)[O-])cc2)cc1Br. The summed E-state index contributed by atoms with van der Waals surface area (Å²) in [5, 5.41) is 18.2. The number of halogens is 1. The molecule has 0 aliphatic carbocycles. The van der Waals surface area contributed by atoms with Gasteiger partial charge >= 0.3 is 5.97 Å². The zero-order valence-corrected chi connectivity index (χ0v) is 13.6. The van der Waals surface area contributed by atoms with E-state index < -0.39 is 10.9 Å². The van der Waals surface area contributed by atoms with Gasteiger partial charge in [0.25, 0.3) is 5.69 Å². The number of benzene rings is 1. The van der Waals surface area contributed by atoms with Gasteiger partial charge in [0.2, 0.25) is 0 Å². The van der Waals surface area contributed by atoms with Crippen molar-refractivity contribution in [2.75, 3.05) is 0 Å². The summed E-state index contributed by atoms with van der Waals surface area (Å²) in [6.07, 6.45) is 1.64. The molecule has 2 aromatic rings.